The third-order valence-corrected chi connectivity index (χ3v) is 3.87. The van der Waals surface area contributed by atoms with Crippen molar-refractivity contribution in [3.05, 3.63) is 35.7 Å². The molecule has 1 aliphatic carbocycles. The summed E-state index contributed by atoms with van der Waals surface area (Å²) in [5, 5.41) is 2.74. The highest BCUT2D eigenvalue weighted by molar-refractivity contribution is 5.67. The second kappa shape index (κ2) is 8.14. The van der Waals surface area contributed by atoms with Gasteiger partial charge in [-0.15, -0.1) is 0 Å². The normalized spacial score (nSPS) is 16.5. The van der Waals surface area contributed by atoms with Crippen LogP contribution >= 0.6 is 0 Å². The molecule has 0 radical (unpaired) electrons. The molecule has 0 atom stereocenters. The molecule has 1 fully saturated rings. The molecule has 0 aliphatic heterocycles. The van der Waals surface area contributed by atoms with Gasteiger partial charge in [0.1, 0.15) is 5.60 Å². The lowest BCUT2D eigenvalue weighted by atomic mass is 9.89. The molecule has 23 heavy (non-hydrogen) atoms. The maximum absolute atomic E-state index is 11.6. The van der Waals surface area contributed by atoms with E-state index < -0.39 is 11.7 Å². The molecule has 0 spiro atoms. The Morgan fingerprint density at radius 1 is 1.30 bits per heavy atom. The number of amides is 1. The molecule has 1 saturated carbocycles. The van der Waals surface area contributed by atoms with Gasteiger partial charge in [0.05, 0.1) is 5.69 Å². The van der Waals surface area contributed by atoms with Gasteiger partial charge in [0.25, 0.3) is 0 Å². The van der Waals surface area contributed by atoms with Crippen LogP contribution < -0.4 is 5.32 Å². The Morgan fingerprint density at radius 3 is 2.65 bits per heavy atom. The second-order valence-electron chi connectivity index (χ2n) is 7.20. The maximum Gasteiger partial charge on any atom is 0.407 e. The molecule has 0 bridgehead atoms. The first kappa shape index (κ1) is 17.5. The van der Waals surface area contributed by atoms with Gasteiger partial charge >= 0.3 is 6.09 Å². The van der Waals surface area contributed by atoms with E-state index in [1.165, 1.54) is 32.1 Å². The van der Waals surface area contributed by atoms with Crippen molar-refractivity contribution in [3.8, 4) is 0 Å². The van der Waals surface area contributed by atoms with Gasteiger partial charge in [-0.1, -0.05) is 31.4 Å². The lowest BCUT2D eigenvalue weighted by molar-refractivity contribution is 0.0523. The zero-order chi connectivity index (χ0) is 16.7. The van der Waals surface area contributed by atoms with E-state index >= 15 is 0 Å². The average molecular weight is 316 g/mol. The molecule has 2 rings (SSSR count). The van der Waals surface area contributed by atoms with E-state index in [0.29, 0.717) is 12.5 Å². The van der Waals surface area contributed by atoms with E-state index in [1.54, 1.807) is 6.20 Å². The van der Waals surface area contributed by atoms with Crippen molar-refractivity contribution >= 4 is 12.2 Å². The largest absolute Gasteiger partial charge is 0.444 e. The van der Waals surface area contributed by atoms with Crippen LogP contribution in [0.1, 0.15) is 64.1 Å². The predicted octanol–water partition coefficient (Wildman–Crippen LogP) is 4.70. The number of aromatic nitrogens is 1. The maximum atomic E-state index is 11.6. The number of carbonyl (C=O) groups excluding carboxylic acids is 1. The Kier molecular flexibility index (Phi) is 6.20. The standard InChI is InChI=1S/C19H28N2O2/c1-19(2,3)23-18(22)21-14-16-10-12-17(20-13-16)11-9-15-7-5-4-6-8-15/h9-13,15H,4-8,14H2,1-3H3,(H,21,22). The Bertz CT molecular complexity index is 523. The summed E-state index contributed by atoms with van der Waals surface area (Å²) in [4.78, 5) is 16.0. The smallest absolute Gasteiger partial charge is 0.407 e. The summed E-state index contributed by atoms with van der Waals surface area (Å²) in [7, 11) is 0. The molecule has 4 heteroatoms. The van der Waals surface area contributed by atoms with E-state index in [-0.39, 0.29) is 0 Å². The van der Waals surface area contributed by atoms with Crippen LogP contribution in [0.3, 0.4) is 0 Å². The van der Waals surface area contributed by atoms with Gasteiger partial charge in [-0.05, 0) is 57.2 Å². The minimum absolute atomic E-state index is 0.404. The average Bonchev–Trinajstić information content (AvgIpc) is 2.51. The molecule has 126 valence electrons. The molecule has 0 saturated heterocycles. The fourth-order valence-corrected chi connectivity index (χ4v) is 2.69. The fourth-order valence-electron chi connectivity index (χ4n) is 2.69. The van der Waals surface area contributed by atoms with E-state index in [2.05, 4.69) is 22.5 Å². The van der Waals surface area contributed by atoms with Crippen LogP contribution in [0.25, 0.3) is 6.08 Å². The van der Waals surface area contributed by atoms with Crippen molar-refractivity contribution in [2.24, 2.45) is 5.92 Å². The van der Waals surface area contributed by atoms with Crippen molar-refractivity contribution in [1.82, 2.24) is 10.3 Å². The van der Waals surface area contributed by atoms with Gasteiger partial charge in [0.15, 0.2) is 0 Å². The zero-order valence-corrected chi connectivity index (χ0v) is 14.5. The highest BCUT2D eigenvalue weighted by atomic mass is 16.6. The quantitative estimate of drug-likeness (QED) is 0.876. The van der Waals surface area contributed by atoms with Crippen molar-refractivity contribution < 1.29 is 9.53 Å². The molecule has 4 nitrogen and oxygen atoms in total. The summed E-state index contributed by atoms with van der Waals surface area (Å²) in [5.41, 5.74) is 1.46. The monoisotopic (exact) mass is 316 g/mol. The van der Waals surface area contributed by atoms with E-state index in [9.17, 15) is 4.79 Å². The highest BCUT2D eigenvalue weighted by Crippen LogP contribution is 2.25. The van der Waals surface area contributed by atoms with Crippen LogP contribution in [0.4, 0.5) is 4.79 Å². The molecule has 1 aromatic heterocycles. The summed E-state index contributed by atoms with van der Waals surface area (Å²) in [6.07, 6.45) is 12.5. The number of hydrogen-bond donors (Lipinski definition) is 1. The van der Waals surface area contributed by atoms with Crippen molar-refractivity contribution in [2.75, 3.05) is 0 Å². The van der Waals surface area contributed by atoms with E-state index in [0.717, 1.165) is 11.3 Å². The Balaban J connectivity index is 1.80. The lowest BCUT2D eigenvalue weighted by Crippen LogP contribution is -2.32. The SMILES string of the molecule is CC(C)(C)OC(=O)NCc1ccc(C=CC2CCCCC2)nc1. The van der Waals surface area contributed by atoms with Gasteiger partial charge < -0.3 is 10.1 Å². The highest BCUT2D eigenvalue weighted by Gasteiger charge is 2.15. The van der Waals surface area contributed by atoms with Gasteiger partial charge in [-0.2, -0.15) is 0 Å². The Labute approximate surface area is 139 Å². The Hall–Kier alpha value is -1.84. The van der Waals surface area contributed by atoms with E-state index in [4.69, 9.17) is 4.74 Å². The minimum Gasteiger partial charge on any atom is -0.444 e. The molecule has 1 amide bonds. The summed E-state index contributed by atoms with van der Waals surface area (Å²) in [6, 6.07) is 3.98. The van der Waals surface area contributed by atoms with Crippen LogP contribution in [-0.4, -0.2) is 16.7 Å². The van der Waals surface area contributed by atoms with Gasteiger partial charge in [-0.3, -0.25) is 4.98 Å². The number of nitrogens with zero attached hydrogens (tertiary/aromatic N) is 1. The first-order valence-corrected chi connectivity index (χ1v) is 8.52. The number of allylic oxidation sites excluding steroid dienone is 1. The second-order valence-corrected chi connectivity index (χ2v) is 7.20. The number of rotatable bonds is 4. The molecule has 1 aromatic rings. The molecular formula is C19H28N2O2. The third-order valence-electron chi connectivity index (χ3n) is 3.87. The topological polar surface area (TPSA) is 51.2 Å². The van der Waals surface area contributed by atoms with Crippen LogP contribution in [0.2, 0.25) is 0 Å². The number of pyridine rings is 1. The molecular weight excluding hydrogens is 288 g/mol. The van der Waals surface area contributed by atoms with Gasteiger partial charge in [0.2, 0.25) is 0 Å². The first-order valence-electron chi connectivity index (χ1n) is 8.52. The number of ether oxygens (including phenoxy) is 1. The predicted molar refractivity (Wildman–Crippen MR) is 92.9 cm³/mol. The summed E-state index contributed by atoms with van der Waals surface area (Å²) < 4.78 is 5.21. The minimum atomic E-state index is -0.476. The zero-order valence-electron chi connectivity index (χ0n) is 14.5. The van der Waals surface area contributed by atoms with Crippen LogP contribution in [-0.2, 0) is 11.3 Å². The molecule has 0 unspecified atom stereocenters. The van der Waals surface area contributed by atoms with Crippen molar-refractivity contribution in [3.63, 3.8) is 0 Å². The van der Waals surface area contributed by atoms with E-state index in [1.807, 2.05) is 32.9 Å². The van der Waals surface area contributed by atoms with Crippen LogP contribution in [0, 0.1) is 5.92 Å². The Morgan fingerprint density at radius 2 is 2.04 bits per heavy atom. The van der Waals surface area contributed by atoms with Crippen molar-refractivity contribution in [2.45, 2.75) is 65.0 Å². The third kappa shape index (κ3) is 6.85. The molecule has 1 N–H and O–H groups in total. The first-order chi connectivity index (χ1) is 10.9. The van der Waals surface area contributed by atoms with Gasteiger partial charge in [0, 0.05) is 12.7 Å². The summed E-state index contributed by atoms with van der Waals surface area (Å²) in [6.45, 7) is 5.97. The summed E-state index contributed by atoms with van der Waals surface area (Å²) >= 11 is 0. The van der Waals surface area contributed by atoms with Gasteiger partial charge in [-0.25, -0.2) is 4.79 Å². The molecule has 1 heterocycles. The van der Waals surface area contributed by atoms with Crippen molar-refractivity contribution in [1.29, 1.82) is 0 Å². The van der Waals surface area contributed by atoms with Crippen LogP contribution in [0.5, 0.6) is 0 Å². The number of nitrogens with one attached hydrogen (secondary N) is 1. The molecule has 1 aliphatic rings. The molecule has 0 aromatic carbocycles. The fraction of sp³-hybridized carbons (Fsp3) is 0.579. The van der Waals surface area contributed by atoms with Crippen LogP contribution in [0.15, 0.2) is 24.4 Å². The number of hydrogen-bond acceptors (Lipinski definition) is 3. The number of carbonyl (C=O) groups is 1. The number of alkyl carbamates (subject to hydrolysis) is 1. The summed E-state index contributed by atoms with van der Waals surface area (Å²) in [5.74, 6) is 0.707. The lowest BCUT2D eigenvalue weighted by Gasteiger charge is -2.19.